The molecule has 0 radical (unpaired) electrons. The maximum atomic E-state index is 6.12. The van der Waals surface area contributed by atoms with Crippen LogP contribution in [0, 0.1) is 0 Å². The monoisotopic (exact) mass is 285 g/mol. The molecule has 2 N–H and O–H groups in total. The minimum atomic E-state index is -0.147. The summed E-state index contributed by atoms with van der Waals surface area (Å²) in [7, 11) is 1.73. The summed E-state index contributed by atoms with van der Waals surface area (Å²) in [5.74, 6) is 0. The Hall–Kier alpha value is -0.380. The van der Waals surface area contributed by atoms with Gasteiger partial charge in [-0.3, -0.25) is 0 Å². The zero-order valence-corrected chi connectivity index (χ0v) is 11.8. The first-order valence-corrected chi connectivity index (χ1v) is 6.27. The lowest BCUT2D eigenvalue weighted by Gasteiger charge is -2.26. The summed E-state index contributed by atoms with van der Waals surface area (Å²) in [6.07, 6.45) is 1.74. The standard InChI is InChI=1S/C13H20BrNO/c1-13(2,16-3)9-12(15)8-10-5-4-6-11(14)7-10/h4-7,12H,8-9,15H2,1-3H3. The summed E-state index contributed by atoms with van der Waals surface area (Å²) in [6, 6.07) is 8.40. The maximum absolute atomic E-state index is 6.12. The van der Waals surface area contributed by atoms with Crippen molar-refractivity contribution in [2.75, 3.05) is 7.11 Å². The normalized spacial score (nSPS) is 13.8. The number of ether oxygens (including phenoxy) is 1. The van der Waals surface area contributed by atoms with Crippen molar-refractivity contribution >= 4 is 15.9 Å². The van der Waals surface area contributed by atoms with Gasteiger partial charge >= 0.3 is 0 Å². The van der Waals surface area contributed by atoms with Crippen molar-refractivity contribution in [2.45, 2.75) is 38.3 Å². The molecule has 16 heavy (non-hydrogen) atoms. The van der Waals surface area contributed by atoms with Crippen LogP contribution in [0.5, 0.6) is 0 Å². The van der Waals surface area contributed by atoms with Crippen molar-refractivity contribution in [1.82, 2.24) is 0 Å². The van der Waals surface area contributed by atoms with Crippen LogP contribution in [0.1, 0.15) is 25.8 Å². The van der Waals surface area contributed by atoms with Crippen molar-refractivity contribution in [3.8, 4) is 0 Å². The highest BCUT2D eigenvalue weighted by Gasteiger charge is 2.20. The summed E-state index contributed by atoms with van der Waals surface area (Å²) in [6.45, 7) is 4.13. The van der Waals surface area contributed by atoms with Crippen molar-refractivity contribution in [3.63, 3.8) is 0 Å². The number of rotatable bonds is 5. The molecule has 1 aromatic rings. The molecule has 0 saturated carbocycles. The highest BCUT2D eigenvalue weighted by Crippen LogP contribution is 2.18. The van der Waals surface area contributed by atoms with Crippen LogP contribution in [-0.2, 0) is 11.2 Å². The van der Waals surface area contributed by atoms with Crippen LogP contribution >= 0.6 is 15.9 Å². The highest BCUT2D eigenvalue weighted by atomic mass is 79.9. The van der Waals surface area contributed by atoms with Gasteiger partial charge in [-0.1, -0.05) is 28.1 Å². The third kappa shape index (κ3) is 4.64. The van der Waals surface area contributed by atoms with E-state index < -0.39 is 0 Å². The highest BCUT2D eigenvalue weighted by molar-refractivity contribution is 9.10. The van der Waals surface area contributed by atoms with E-state index in [2.05, 4.69) is 41.9 Å². The number of hydrogen-bond donors (Lipinski definition) is 1. The molecule has 0 saturated heterocycles. The van der Waals surface area contributed by atoms with E-state index in [0.717, 1.165) is 17.3 Å². The third-order valence-corrected chi connectivity index (χ3v) is 3.19. The molecule has 0 aliphatic carbocycles. The number of hydrogen-bond acceptors (Lipinski definition) is 2. The average Bonchev–Trinajstić information content (AvgIpc) is 2.16. The molecule has 0 fully saturated rings. The Bertz CT molecular complexity index is 338. The Balaban J connectivity index is 2.55. The molecule has 0 bridgehead atoms. The fourth-order valence-corrected chi connectivity index (χ4v) is 2.20. The zero-order valence-electron chi connectivity index (χ0n) is 10.2. The first kappa shape index (κ1) is 13.7. The van der Waals surface area contributed by atoms with Gasteiger partial charge < -0.3 is 10.5 Å². The second kappa shape index (κ2) is 5.80. The van der Waals surface area contributed by atoms with E-state index in [1.165, 1.54) is 5.56 Å². The molecule has 0 aliphatic heterocycles. The van der Waals surface area contributed by atoms with Gasteiger partial charge in [-0.2, -0.15) is 0 Å². The van der Waals surface area contributed by atoms with Gasteiger partial charge in [0.05, 0.1) is 5.60 Å². The molecule has 0 amide bonds. The summed E-state index contributed by atoms with van der Waals surface area (Å²) >= 11 is 3.46. The summed E-state index contributed by atoms with van der Waals surface area (Å²) in [5.41, 5.74) is 7.23. The molecule has 1 aromatic carbocycles. The van der Waals surface area contributed by atoms with Gasteiger partial charge in [-0.15, -0.1) is 0 Å². The van der Waals surface area contributed by atoms with Crippen LogP contribution in [0.25, 0.3) is 0 Å². The minimum Gasteiger partial charge on any atom is -0.379 e. The Morgan fingerprint density at radius 3 is 2.69 bits per heavy atom. The predicted octanol–water partition coefficient (Wildman–Crippen LogP) is 3.13. The molecule has 1 unspecified atom stereocenters. The van der Waals surface area contributed by atoms with Crippen LogP contribution in [0.3, 0.4) is 0 Å². The number of halogens is 1. The summed E-state index contributed by atoms with van der Waals surface area (Å²) in [5, 5.41) is 0. The van der Waals surface area contributed by atoms with Crippen LogP contribution in [0.2, 0.25) is 0 Å². The molecule has 1 atom stereocenters. The maximum Gasteiger partial charge on any atom is 0.0637 e. The Labute approximate surface area is 106 Å². The van der Waals surface area contributed by atoms with Crippen LogP contribution < -0.4 is 5.73 Å². The van der Waals surface area contributed by atoms with E-state index in [1.54, 1.807) is 7.11 Å². The van der Waals surface area contributed by atoms with E-state index in [1.807, 2.05) is 12.1 Å². The van der Waals surface area contributed by atoms with Gasteiger partial charge in [0.15, 0.2) is 0 Å². The van der Waals surface area contributed by atoms with Crippen LogP contribution in [-0.4, -0.2) is 18.8 Å². The van der Waals surface area contributed by atoms with E-state index >= 15 is 0 Å². The van der Waals surface area contributed by atoms with Crippen LogP contribution in [0.4, 0.5) is 0 Å². The number of nitrogens with two attached hydrogens (primary N) is 1. The molecule has 90 valence electrons. The van der Waals surface area contributed by atoms with E-state index in [-0.39, 0.29) is 11.6 Å². The van der Waals surface area contributed by atoms with Crippen LogP contribution in [0.15, 0.2) is 28.7 Å². The van der Waals surface area contributed by atoms with Gasteiger partial charge in [0.2, 0.25) is 0 Å². The van der Waals surface area contributed by atoms with Gasteiger partial charge in [0, 0.05) is 17.6 Å². The Morgan fingerprint density at radius 2 is 2.12 bits per heavy atom. The second-order valence-electron chi connectivity index (χ2n) is 4.76. The number of benzene rings is 1. The Kier molecular flexibility index (Phi) is 4.96. The molecule has 0 aromatic heterocycles. The summed E-state index contributed by atoms with van der Waals surface area (Å²) in [4.78, 5) is 0. The first-order valence-electron chi connectivity index (χ1n) is 5.48. The fourth-order valence-electron chi connectivity index (χ4n) is 1.75. The molecule has 0 spiro atoms. The SMILES string of the molecule is COC(C)(C)CC(N)Cc1cccc(Br)c1. The van der Waals surface area contributed by atoms with Crippen molar-refractivity contribution in [3.05, 3.63) is 34.3 Å². The largest absolute Gasteiger partial charge is 0.379 e. The lowest BCUT2D eigenvalue weighted by Crippen LogP contribution is -2.35. The molecular weight excluding hydrogens is 266 g/mol. The lowest BCUT2D eigenvalue weighted by atomic mass is 9.95. The second-order valence-corrected chi connectivity index (χ2v) is 5.68. The molecule has 0 heterocycles. The van der Waals surface area contributed by atoms with Gasteiger partial charge in [0.25, 0.3) is 0 Å². The molecule has 0 aliphatic rings. The molecule has 2 nitrogen and oxygen atoms in total. The minimum absolute atomic E-state index is 0.129. The van der Waals surface area contributed by atoms with Crippen molar-refractivity contribution in [1.29, 1.82) is 0 Å². The van der Waals surface area contributed by atoms with E-state index in [0.29, 0.717) is 0 Å². The van der Waals surface area contributed by atoms with E-state index in [4.69, 9.17) is 10.5 Å². The number of methoxy groups -OCH3 is 1. The van der Waals surface area contributed by atoms with Gasteiger partial charge in [0.1, 0.15) is 0 Å². The Morgan fingerprint density at radius 1 is 1.44 bits per heavy atom. The predicted molar refractivity (Wildman–Crippen MR) is 71.5 cm³/mol. The summed E-state index contributed by atoms with van der Waals surface area (Å²) < 4.78 is 6.48. The van der Waals surface area contributed by atoms with Gasteiger partial charge in [-0.05, 0) is 44.4 Å². The molecule has 1 rings (SSSR count). The zero-order chi connectivity index (χ0) is 12.2. The van der Waals surface area contributed by atoms with Gasteiger partial charge in [-0.25, -0.2) is 0 Å². The van der Waals surface area contributed by atoms with Crippen molar-refractivity contribution in [2.24, 2.45) is 5.73 Å². The average molecular weight is 286 g/mol. The third-order valence-electron chi connectivity index (χ3n) is 2.69. The topological polar surface area (TPSA) is 35.2 Å². The smallest absolute Gasteiger partial charge is 0.0637 e. The lowest BCUT2D eigenvalue weighted by molar-refractivity contribution is 0.0102. The quantitative estimate of drug-likeness (QED) is 0.902. The van der Waals surface area contributed by atoms with E-state index in [9.17, 15) is 0 Å². The fraction of sp³-hybridized carbons (Fsp3) is 0.538. The molecule has 3 heteroatoms. The first-order chi connectivity index (χ1) is 7.43. The van der Waals surface area contributed by atoms with Crippen molar-refractivity contribution < 1.29 is 4.74 Å². The molecular formula is C13H20BrNO.